The molecule has 1 fully saturated rings. The molecule has 0 aliphatic carbocycles. The second-order valence-electron chi connectivity index (χ2n) is 8.22. The Balaban J connectivity index is 1.46. The number of hydrogen-bond donors (Lipinski definition) is 1. The van der Waals surface area contributed by atoms with Crippen molar-refractivity contribution >= 4 is 17.5 Å². The number of urea groups is 1. The number of rotatable bonds is 5. The van der Waals surface area contributed by atoms with Crippen molar-refractivity contribution in [3.05, 3.63) is 53.5 Å². The van der Waals surface area contributed by atoms with E-state index in [-0.39, 0.29) is 6.03 Å². The summed E-state index contributed by atoms with van der Waals surface area (Å²) in [6.45, 7) is 8.90. The Kier molecular flexibility index (Phi) is 6.68. The zero-order valence-corrected chi connectivity index (χ0v) is 19.0. The van der Waals surface area contributed by atoms with Gasteiger partial charge in [-0.2, -0.15) is 4.98 Å². The second-order valence-corrected chi connectivity index (χ2v) is 8.22. The minimum atomic E-state index is -0.0668. The summed E-state index contributed by atoms with van der Waals surface area (Å²) < 4.78 is 5.51. The van der Waals surface area contributed by atoms with Crippen LogP contribution in [0.2, 0.25) is 0 Å². The molecule has 1 aliphatic heterocycles. The second kappa shape index (κ2) is 9.80. The molecule has 0 saturated carbocycles. The van der Waals surface area contributed by atoms with Crippen molar-refractivity contribution in [1.82, 2.24) is 20.0 Å². The molecule has 168 valence electrons. The molecule has 32 heavy (non-hydrogen) atoms. The van der Waals surface area contributed by atoms with Crippen LogP contribution in [0.5, 0.6) is 0 Å². The highest BCUT2D eigenvalue weighted by atomic mass is 16.5. The van der Waals surface area contributed by atoms with Gasteiger partial charge < -0.3 is 19.6 Å². The Morgan fingerprint density at radius 2 is 2.03 bits per heavy atom. The zero-order chi connectivity index (χ0) is 22.5. The van der Waals surface area contributed by atoms with Gasteiger partial charge in [0.25, 0.3) is 5.89 Å². The van der Waals surface area contributed by atoms with Gasteiger partial charge in [0.1, 0.15) is 5.82 Å². The quantitative estimate of drug-likeness (QED) is 0.639. The highest BCUT2D eigenvalue weighted by Gasteiger charge is 2.23. The number of nitrogens with zero attached hydrogens (tertiary/aromatic N) is 5. The third-order valence-electron chi connectivity index (χ3n) is 5.68. The number of amides is 2. The van der Waals surface area contributed by atoms with Crippen molar-refractivity contribution in [2.24, 2.45) is 0 Å². The van der Waals surface area contributed by atoms with Gasteiger partial charge in [0.05, 0.1) is 5.56 Å². The van der Waals surface area contributed by atoms with Crippen LogP contribution in [0.3, 0.4) is 0 Å². The average Bonchev–Trinajstić information content (AvgIpc) is 3.11. The van der Waals surface area contributed by atoms with Crippen LogP contribution in [-0.2, 0) is 6.42 Å². The van der Waals surface area contributed by atoms with E-state index in [2.05, 4.69) is 32.3 Å². The SMILES string of the molecule is CCCc1noc(-c2cccnc2N2CCCN(C(=O)Nc3cc(C)ccc3C)CC2)n1. The topological polar surface area (TPSA) is 87.4 Å². The molecule has 2 amide bonds. The maximum Gasteiger partial charge on any atom is 0.321 e. The molecule has 0 atom stereocenters. The summed E-state index contributed by atoms with van der Waals surface area (Å²) in [6, 6.07) is 9.86. The van der Waals surface area contributed by atoms with Crippen molar-refractivity contribution in [3.63, 3.8) is 0 Å². The standard InChI is InChI=1S/C24H30N6O2/c1-4-7-21-27-23(32-28-21)19-8-5-11-25-22(19)29-12-6-13-30(15-14-29)24(31)26-20-16-17(2)9-10-18(20)3/h5,8-11,16H,4,6-7,12-15H2,1-3H3,(H,26,31). The summed E-state index contributed by atoms with van der Waals surface area (Å²) in [4.78, 5) is 26.1. The average molecular weight is 435 g/mol. The molecule has 8 nitrogen and oxygen atoms in total. The molecule has 0 spiro atoms. The molecule has 8 heteroatoms. The van der Waals surface area contributed by atoms with Crippen LogP contribution in [0.4, 0.5) is 16.3 Å². The summed E-state index contributed by atoms with van der Waals surface area (Å²) in [5.41, 5.74) is 3.87. The van der Waals surface area contributed by atoms with Crippen LogP contribution < -0.4 is 10.2 Å². The van der Waals surface area contributed by atoms with Crippen LogP contribution in [0.1, 0.15) is 36.7 Å². The van der Waals surface area contributed by atoms with Gasteiger partial charge in [-0.1, -0.05) is 24.2 Å². The van der Waals surface area contributed by atoms with E-state index in [4.69, 9.17) is 4.52 Å². The van der Waals surface area contributed by atoms with Crippen LogP contribution in [0.25, 0.3) is 11.5 Å². The van der Waals surface area contributed by atoms with Crippen molar-refractivity contribution in [2.75, 3.05) is 36.4 Å². The lowest BCUT2D eigenvalue weighted by molar-refractivity contribution is 0.215. The van der Waals surface area contributed by atoms with Gasteiger partial charge >= 0.3 is 6.03 Å². The Morgan fingerprint density at radius 3 is 2.88 bits per heavy atom. The van der Waals surface area contributed by atoms with E-state index >= 15 is 0 Å². The number of carbonyl (C=O) groups is 1. The van der Waals surface area contributed by atoms with Crippen LogP contribution in [-0.4, -0.2) is 52.2 Å². The number of anilines is 2. The fraction of sp³-hybridized carbons (Fsp3) is 0.417. The molecule has 4 rings (SSSR count). The minimum absolute atomic E-state index is 0.0668. The van der Waals surface area contributed by atoms with Gasteiger partial charge in [0, 0.05) is 44.5 Å². The molecular weight excluding hydrogens is 404 g/mol. The Morgan fingerprint density at radius 1 is 1.16 bits per heavy atom. The first kappa shape index (κ1) is 21.8. The maximum atomic E-state index is 12.9. The van der Waals surface area contributed by atoms with Crippen molar-refractivity contribution in [1.29, 1.82) is 0 Å². The van der Waals surface area contributed by atoms with Gasteiger partial charge in [0.15, 0.2) is 5.82 Å². The molecule has 1 saturated heterocycles. The monoisotopic (exact) mass is 434 g/mol. The molecule has 1 aliphatic rings. The van der Waals surface area contributed by atoms with Crippen LogP contribution in [0, 0.1) is 13.8 Å². The molecule has 0 radical (unpaired) electrons. The fourth-order valence-corrected chi connectivity index (χ4v) is 3.90. The Hall–Kier alpha value is -3.42. The number of nitrogens with one attached hydrogen (secondary N) is 1. The number of aromatic nitrogens is 3. The smallest absolute Gasteiger partial charge is 0.321 e. The predicted octanol–water partition coefficient (Wildman–Crippen LogP) is 4.45. The summed E-state index contributed by atoms with van der Waals surface area (Å²) in [7, 11) is 0. The highest BCUT2D eigenvalue weighted by molar-refractivity contribution is 5.90. The van der Waals surface area contributed by atoms with E-state index in [1.165, 1.54) is 0 Å². The van der Waals surface area contributed by atoms with Gasteiger partial charge in [0.2, 0.25) is 0 Å². The first-order valence-corrected chi connectivity index (χ1v) is 11.2. The predicted molar refractivity (Wildman–Crippen MR) is 125 cm³/mol. The van der Waals surface area contributed by atoms with E-state index in [9.17, 15) is 4.79 Å². The number of hydrogen-bond acceptors (Lipinski definition) is 6. The third kappa shape index (κ3) is 4.90. The van der Waals surface area contributed by atoms with E-state index in [1.54, 1.807) is 6.20 Å². The van der Waals surface area contributed by atoms with Crippen LogP contribution in [0.15, 0.2) is 41.1 Å². The fourth-order valence-electron chi connectivity index (χ4n) is 3.90. The van der Waals surface area contributed by atoms with Gasteiger partial charge in [-0.3, -0.25) is 0 Å². The molecule has 2 aromatic heterocycles. The number of carbonyl (C=O) groups excluding carboxylic acids is 1. The highest BCUT2D eigenvalue weighted by Crippen LogP contribution is 2.28. The summed E-state index contributed by atoms with van der Waals surface area (Å²) in [6.07, 6.45) is 4.37. The third-order valence-corrected chi connectivity index (χ3v) is 5.68. The first-order valence-electron chi connectivity index (χ1n) is 11.2. The molecular formula is C24H30N6O2. The summed E-state index contributed by atoms with van der Waals surface area (Å²) in [5, 5.41) is 7.16. The van der Waals surface area contributed by atoms with E-state index in [0.29, 0.717) is 31.3 Å². The molecule has 1 aromatic carbocycles. The lowest BCUT2D eigenvalue weighted by Gasteiger charge is -2.24. The van der Waals surface area contributed by atoms with Gasteiger partial charge in [-0.15, -0.1) is 0 Å². The Bertz CT molecular complexity index is 1080. The van der Waals surface area contributed by atoms with Crippen molar-refractivity contribution < 1.29 is 9.32 Å². The molecule has 3 aromatic rings. The summed E-state index contributed by atoms with van der Waals surface area (Å²) in [5.74, 6) is 2.02. The van der Waals surface area contributed by atoms with Gasteiger partial charge in [-0.25, -0.2) is 9.78 Å². The lowest BCUT2D eigenvalue weighted by Crippen LogP contribution is -2.38. The zero-order valence-electron chi connectivity index (χ0n) is 19.0. The number of benzene rings is 1. The van der Waals surface area contributed by atoms with Crippen molar-refractivity contribution in [2.45, 2.75) is 40.0 Å². The summed E-state index contributed by atoms with van der Waals surface area (Å²) >= 11 is 0. The lowest BCUT2D eigenvalue weighted by atomic mass is 10.1. The molecule has 0 bridgehead atoms. The molecule has 0 unspecified atom stereocenters. The van der Waals surface area contributed by atoms with Gasteiger partial charge in [-0.05, 0) is 56.0 Å². The van der Waals surface area contributed by atoms with Crippen LogP contribution >= 0.6 is 0 Å². The molecule has 3 heterocycles. The molecule has 1 N–H and O–H groups in total. The first-order chi connectivity index (χ1) is 15.5. The van der Waals surface area contributed by atoms with E-state index < -0.39 is 0 Å². The van der Waals surface area contributed by atoms with E-state index in [0.717, 1.165) is 54.0 Å². The normalized spacial score (nSPS) is 14.3. The largest absolute Gasteiger partial charge is 0.354 e. The van der Waals surface area contributed by atoms with Crippen molar-refractivity contribution in [3.8, 4) is 11.5 Å². The number of aryl methyl sites for hydroxylation is 3. The van der Waals surface area contributed by atoms with E-state index in [1.807, 2.05) is 49.1 Å². The Labute approximate surface area is 188 Å². The minimum Gasteiger partial charge on any atom is -0.354 e. The maximum absolute atomic E-state index is 12.9. The number of pyridine rings is 1.